The SMILES string of the molecule is O=C1OC(c2cccc([N+](=O)[O-])c2)=NC1=C/C(Cl)=C/c1ccccc1. The lowest BCUT2D eigenvalue weighted by atomic mass is 10.2. The van der Waals surface area contributed by atoms with Gasteiger partial charge in [-0.2, -0.15) is 0 Å². The number of allylic oxidation sites excluding steroid dienone is 2. The predicted octanol–water partition coefficient (Wildman–Crippen LogP) is 4.06. The number of nitro benzene ring substituents is 1. The van der Waals surface area contributed by atoms with E-state index >= 15 is 0 Å². The molecule has 0 fully saturated rings. The van der Waals surface area contributed by atoms with Crippen LogP contribution < -0.4 is 0 Å². The van der Waals surface area contributed by atoms with E-state index in [9.17, 15) is 14.9 Å². The molecule has 0 atom stereocenters. The summed E-state index contributed by atoms with van der Waals surface area (Å²) in [6, 6.07) is 15.0. The van der Waals surface area contributed by atoms with E-state index in [0.29, 0.717) is 10.6 Å². The monoisotopic (exact) mass is 354 g/mol. The number of hydrogen-bond acceptors (Lipinski definition) is 5. The molecule has 0 aliphatic carbocycles. The van der Waals surface area contributed by atoms with Gasteiger partial charge in [-0.3, -0.25) is 10.1 Å². The van der Waals surface area contributed by atoms with Gasteiger partial charge in [0.15, 0.2) is 5.70 Å². The molecule has 124 valence electrons. The normalized spacial score (nSPS) is 15.9. The fourth-order valence-electron chi connectivity index (χ4n) is 2.17. The first-order valence-corrected chi connectivity index (χ1v) is 7.60. The number of benzene rings is 2. The number of ether oxygens (including phenoxy) is 1. The number of carbonyl (C=O) groups is 1. The van der Waals surface area contributed by atoms with Gasteiger partial charge in [0.2, 0.25) is 5.90 Å². The average Bonchev–Trinajstić information content (AvgIpc) is 2.96. The van der Waals surface area contributed by atoms with E-state index in [4.69, 9.17) is 16.3 Å². The van der Waals surface area contributed by atoms with Gasteiger partial charge in [0, 0.05) is 22.7 Å². The highest BCUT2D eigenvalue weighted by atomic mass is 35.5. The smallest absolute Gasteiger partial charge is 0.363 e. The number of nitro groups is 1. The number of cyclic esters (lactones) is 1. The third kappa shape index (κ3) is 3.99. The number of rotatable bonds is 4. The van der Waals surface area contributed by atoms with Gasteiger partial charge in [0.05, 0.1) is 4.92 Å². The molecule has 0 radical (unpaired) electrons. The molecule has 0 spiro atoms. The summed E-state index contributed by atoms with van der Waals surface area (Å²) in [4.78, 5) is 26.3. The summed E-state index contributed by atoms with van der Waals surface area (Å²) in [5.41, 5.74) is 1.13. The Morgan fingerprint density at radius 1 is 1.16 bits per heavy atom. The van der Waals surface area contributed by atoms with Crippen molar-refractivity contribution >= 4 is 35.2 Å². The molecule has 0 aromatic heterocycles. The zero-order chi connectivity index (χ0) is 17.8. The summed E-state index contributed by atoms with van der Waals surface area (Å²) >= 11 is 6.14. The fourth-order valence-corrected chi connectivity index (χ4v) is 2.40. The highest BCUT2D eigenvalue weighted by Crippen LogP contribution is 2.22. The zero-order valence-electron chi connectivity index (χ0n) is 12.8. The van der Waals surface area contributed by atoms with Crippen molar-refractivity contribution in [3.63, 3.8) is 0 Å². The maximum Gasteiger partial charge on any atom is 0.363 e. The van der Waals surface area contributed by atoms with Crippen molar-refractivity contribution in [2.45, 2.75) is 0 Å². The largest absolute Gasteiger partial charge is 0.402 e. The number of nitrogens with zero attached hydrogens (tertiary/aromatic N) is 2. The van der Waals surface area contributed by atoms with E-state index < -0.39 is 10.9 Å². The Bertz CT molecular complexity index is 933. The van der Waals surface area contributed by atoms with Gasteiger partial charge in [0.25, 0.3) is 5.69 Å². The third-order valence-corrected chi connectivity index (χ3v) is 3.52. The quantitative estimate of drug-likeness (QED) is 0.359. The Hall–Kier alpha value is -3.25. The zero-order valence-corrected chi connectivity index (χ0v) is 13.5. The molecule has 3 rings (SSSR count). The number of aliphatic imine (C=N–C) groups is 1. The Balaban J connectivity index is 1.88. The summed E-state index contributed by atoms with van der Waals surface area (Å²) in [6.07, 6.45) is 3.07. The van der Waals surface area contributed by atoms with Crippen LogP contribution in [0, 0.1) is 10.1 Å². The summed E-state index contributed by atoms with van der Waals surface area (Å²) in [6.45, 7) is 0. The third-order valence-electron chi connectivity index (χ3n) is 3.30. The van der Waals surface area contributed by atoms with E-state index in [1.54, 1.807) is 12.1 Å². The standard InChI is InChI=1S/C18H11ClN2O4/c19-14(9-12-5-2-1-3-6-12)11-16-18(22)25-17(20-16)13-7-4-8-15(10-13)21(23)24/h1-11H/b14-9-,16-11?. The van der Waals surface area contributed by atoms with E-state index in [0.717, 1.165) is 5.56 Å². The molecule has 0 N–H and O–H groups in total. The first-order valence-electron chi connectivity index (χ1n) is 7.22. The molecular weight excluding hydrogens is 344 g/mol. The molecule has 1 heterocycles. The van der Waals surface area contributed by atoms with Gasteiger partial charge in [-0.05, 0) is 23.8 Å². The minimum absolute atomic E-state index is 0.00382. The number of non-ortho nitro benzene ring substituents is 1. The molecule has 0 bridgehead atoms. The molecule has 7 heteroatoms. The van der Waals surface area contributed by atoms with Crippen LogP contribution in [-0.4, -0.2) is 16.8 Å². The van der Waals surface area contributed by atoms with Crippen molar-refractivity contribution in [3.05, 3.63) is 92.6 Å². The van der Waals surface area contributed by atoms with Crippen molar-refractivity contribution < 1.29 is 14.5 Å². The van der Waals surface area contributed by atoms with Crippen LogP contribution in [0.2, 0.25) is 0 Å². The molecule has 1 aliphatic rings. The van der Waals surface area contributed by atoms with Crippen LogP contribution in [0.3, 0.4) is 0 Å². The van der Waals surface area contributed by atoms with Crippen molar-refractivity contribution in [3.8, 4) is 0 Å². The van der Waals surface area contributed by atoms with Crippen molar-refractivity contribution in [1.29, 1.82) is 0 Å². The van der Waals surface area contributed by atoms with E-state index in [-0.39, 0.29) is 17.3 Å². The highest BCUT2D eigenvalue weighted by Gasteiger charge is 2.25. The molecule has 1 aliphatic heterocycles. The lowest BCUT2D eigenvalue weighted by Gasteiger charge is -1.98. The molecule has 25 heavy (non-hydrogen) atoms. The van der Waals surface area contributed by atoms with Crippen molar-refractivity contribution in [2.24, 2.45) is 4.99 Å². The molecule has 0 saturated carbocycles. The van der Waals surface area contributed by atoms with Crippen LogP contribution in [0.15, 0.2) is 76.4 Å². The van der Waals surface area contributed by atoms with Crippen LogP contribution in [0.5, 0.6) is 0 Å². The first kappa shape index (κ1) is 16.6. The van der Waals surface area contributed by atoms with Crippen LogP contribution in [0.1, 0.15) is 11.1 Å². The lowest BCUT2D eigenvalue weighted by molar-refractivity contribution is -0.384. The minimum Gasteiger partial charge on any atom is -0.402 e. The summed E-state index contributed by atoms with van der Waals surface area (Å²) in [7, 11) is 0. The Kier molecular flexibility index (Phi) is 4.72. The van der Waals surface area contributed by atoms with Gasteiger partial charge in [-0.25, -0.2) is 9.79 Å². The Morgan fingerprint density at radius 3 is 2.64 bits per heavy atom. The van der Waals surface area contributed by atoms with Crippen LogP contribution in [0.4, 0.5) is 5.69 Å². The number of carbonyl (C=O) groups excluding carboxylic acids is 1. The van der Waals surface area contributed by atoms with Gasteiger partial charge in [-0.1, -0.05) is 48.0 Å². The first-order chi connectivity index (χ1) is 12.0. The molecule has 0 unspecified atom stereocenters. The maximum absolute atomic E-state index is 11.9. The van der Waals surface area contributed by atoms with Gasteiger partial charge in [-0.15, -0.1) is 0 Å². The summed E-state index contributed by atoms with van der Waals surface area (Å²) in [5.74, 6) is -0.662. The minimum atomic E-state index is -0.666. The van der Waals surface area contributed by atoms with Crippen molar-refractivity contribution in [1.82, 2.24) is 0 Å². The predicted molar refractivity (Wildman–Crippen MR) is 94.1 cm³/mol. The molecule has 2 aromatic carbocycles. The summed E-state index contributed by atoms with van der Waals surface area (Å²) < 4.78 is 5.08. The van der Waals surface area contributed by atoms with Gasteiger partial charge >= 0.3 is 5.97 Å². The molecule has 0 saturated heterocycles. The topological polar surface area (TPSA) is 81.8 Å². The van der Waals surface area contributed by atoms with Gasteiger partial charge < -0.3 is 4.74 Å². The van der Waals surface area contributed by atoms with Gasteiger partial charge in [0.1, 0.15) is 0 Å². The molecular formula is C18H11ClN2O4. The Labute approximate surface area is 147 Å². The second-order valence-corrected chi connectivity index (χ2v) is 5.52. The van der Waals surface area contributed by atoms with Crippen LogP contribution >= 0.6 is 11.6 Å². The van der Waals surface area contributed by atoms with Crippen molar-refractivity contribution in [2.75, 3.05) is 0 Å². The van der Waals surface area contributed by atoms with E-state index in [2.05, 4.69) is 4.99 Å². The summed E-state index contributed by atoms with van der Waals surface area (Å²) in [5, 5.41) is 11.1. The fraction of sp³-hybridized carbons (Fsp3) is 0. The molecule has 6 nitrogen and oxygen atoms in total. The highest BCUT2D eigenvalue weighted by molar-refractivity contribution is 6.33. The van der Waals surface area contributed by atoms with Crippen LogP contribution in [0.25, 0.3) is 6.08 Å². The maximum atomic E-state index is 11.9. The number of esters is 1. The van der Waals surface area contributed by atoms with E-state index in [1.165, 1.54) is 24.3 Å². The second kappa shape index (κ2) is 7.11. The lowest BCUT2D eigenvalue weighted by Crippen LogP contribution is -2.05. The number of hydrogen-bond donors (Lipinski definition) is 0. The molecule has 0 amide bonds. The number of halogens is 1. The second-order valence-electron chi connectivity index (χ2n) is 5.08. The molecule has 2 aromatic rings. The van der Waals surface area contributed by atoms with E-state index in [1.807, 2.05) is 30.3 Å². The Morgan fingerprint density at radius 2 is 1.92 bits per heavy atom. The van der Waals surface area contributed by atoms with Crippen LogP contribution in [-0.2, 0) is 9.53 Å². The average molecular weight is 355 g/mol.